The highest BCUT2D eigenvalue weighted by Crippen LogP contribution is 2.30. The fraction of sp³-hybridized carbons (Fsp3) is 0.188. The summed E-state index contributed by atoms with van der Waals surface area (Å²) >= 11 is 5.75. The van der Waals surface area contributed by atoms with Gasteiger partial charge < -0.3 is 5.32 Å². The van der Waals surface area contributed by atoms with Crippen molar-refractivity contribution in [2.24, 2.45) is 0 Å². The highest BCUT2D eigenvalue weighted by atomic mass is 35.5. The lowest BCUT2D eigenvalue weighted by atomic mass is 10.2. The minimum atomic E-state index is -4.49. The number of benzene rings is 2. The number of nitrogens with one attached hydrogen (secondary N) is 1. The van der Waals surface area contributed by atoms with Crippen LogP contribution in [0.15, 0.2) is 48.5 Å². The number of hydrogen-bond acceptors (Lipinski definition) is 2. The van der Waals surface area contributed by atoms with Crippen molar-refractivity contribution < 1.29 is 22.2 Å². The Labute approximate surface area is 144 Å². The Hall–Kier alpha value is -1.86. The van der Waals surface area contributed by atoms with Gasteiger partial charge in [-0.1, -0.05) is 29.8 Å². The summed E-state index contributed by atoms with van der Waals surface area (Å²) < 4.78 is 49.8. The quantitative estimate of drug-likeness (QED) is 0.849. The van der Waals surface area contributed by atoms with Crippen LogP contribution in [0.5, 0.6) is 0 Å². The molecule has 0 bridgehead atoms. The first-order valence-electron chi connectivity index (χ1n) is 6.80. The molecule has 2 aromatic rings. The second-order valence-electron chi connectivity index (χ2n) is 4.98. The minimum Gasteiger partial charge on any atom is -0.325 e. The van der Waals surface area contributed by atoms with Crippen LogP contribution in [0.1, 0.15) is 11.1 Å². The molecule has 1 atom stereocenters. The zero-order chi connectivity index (χ0) is 17.7. The molecule has 0 spiro atoms. The predicted octanol–water partition coefficient (Wildman–Crippen LogP) is 4.25. The Kier molecular flexibility index (Phi) is 6.01. The van der Waals surface area contributed by atoms with Crippen molar-refractivity contribution in [2.45, 2.75) is 11.9 Å². The summed E-state index contributed by atoms with van der Waals surface area (Å²) in [7, 11) is -1.48. The molecule has 24 heavy (non-hydrogen) atoms. The van der Waals surface area contributed by atoms with Crippen LogP contribution in [0.2, 0.25) is 5.02 Å². The summed E-state index contributed by atoms with van der Waals surface area (Å²) in [6.07, 6.45) is -4.49. The largest absolute Gasteiger partial charge is 0.416 e. The summed E-state index contributed by atoms with van der Waals surface area (Å²) in [5, 5.41) is 2.88. The number of hydrogen-bond donors (Lipinski definition) is 1. The van der Waals surface area contributed by atoms with Crippen LogP contribution in [0.3, 0.4) is 0 Å². The molecule has 0 fully saturated rings. The maximum atomic E-state index is 12.6. The molecular formula is C16H13ClF3NO2S. The molecule has 0 aromatic heterocycles. The first-order chi connectivity index (χ1) is 11.2. The van der Waals surface area contributed by atoms with E-state index >= 15 is 0 Å². The second kappa shape index (κ2) is 7.81. The van der Waals surface area contributed by atoms with Crippen molar-refractivity contribution in [3.8, 4) is 0 Å². The van der Waals surface area contributed by atoms with Crippen molar-refractivity contribution in [1.82, 2.24) is 0 Å². The van der Waals surface area contributed by atoms with Gasteiger partial charge in [0.1, 0.15) is 5.75 Å². The van der Waals surface area contributed by atoms with Crippen LogP contribution in [0.4, 0.5) is 18.9 Å². The third-order valence-corrected chi connectivity index (χ3v) is 4.50. The summed E-state index contributed by atoms with van der Waals surface area (Å²) in [6.45, 7) is 0. The van der Waals surface area contributed by atoms with Gasteiger partial charge in [-0.05, 0) is 35.9 Å². The van der Waals surface area contributed by atoms with Gasteiger partial charge in [0, 0.05) is 27.3 Å². The van der Waals surface area contributed by atoms with Gasteiger partial charge >= 0.3 is 6.18 Å². The number of amides is 1. The van der Waals surface area contributed by atoms with Crippen LogP contribution in [-0.4, -0.2) is 15.9 Å². The maximum absolute atomic E-state index is 12.6. The molecule has 0 radical (unpaired) electrons. The molecule has 0 aliphatic heterocycles. The van der Waals surface area contributed by atoms with Crippen molar-refractivity contribution in [2.75, 3.05) is 11.1 Å². The molecule has 128 valence electrons. The normalized spacial score (nSPS) is 12.7. The van der Waals surface area contributed by atoms with Crippen LogP contribution in [0.25, 0.3) is 0 Å². The second-order valence-corrected chi connectivity index (χ2v) is 6.88. The Morgan fingerprint density at radius 2 is 1.79 bits per heavy atom. The Bertz CT molecular complexity index is 748. The lowest BCUT2D eigenvalue weighted by Crippen LogP contribution is -2.20. The Balaban J connectivity index is 1.93. The molecule has 1 amide bonds. The molecule has 2 rings (SSSR count). The predicted molar refractivity (Wildman–Crippen MR) is 88.2 cm³/mol. The van der Waals surface area contributed by atoms with E-state index in [1.165, 1.54) is 12.1 Å². The smallest absolute Gasteiger partial charge is 0.325 e. The molecule has 2 aromatic carbocycles. The summed E-state index contributed by atoms with van der Waals surface area (Å²) in [6, 6.07) is 11.0. The minimum absolute atomic E-state index is 0.0123. The topological polar surface area (TPSA) is 46.2 Å². The van der Waals surface area contributed by atoms with E-state index in [1.807, 2.05) is 0 Å². The molecule has 0 aliphatic rings. The van der Waals surface area contributed by atoms with Crippen LogP contribution in [0, 0.1) is 0 Å². The van der Waals surface area contributed by atoms with E-state index in [1.54, 1.807) is 24.3 Å². The first kappa shape index (κ1) is 18.5. The molecule has 8 heteroatoms. The average molecular weight is 376 g/mol. The van der Waals surface area contributed by atoms with E-state index in [0.29, 0.717) is 5.02 Å². The number of rotatable bonds is 5. The third kappa shape index (κ3) is 5.65. The van der Waals surface area contributed by atoms with Crippen LogP contribution in [-0.2, 0) is 27.5 Å². The van der Waals surface area contributed by atoms with Gasteiger partial charge in [-0.3, -0.25) is 9.00 Å². The van der Waals surface area contributed by atoms with Crippen molar-refractivity contribution in [3.63, 3.8) is 0 Å². The first-order valence-corrected chi connectivity index (χ1v) is 8.67. The standard InChI is InChI=1S/C16H13ClF3NO2S/c17-13-6-4-11(5-7-13)9-24(23)10-15(22)21-14-3-1-2-12(8-14)16(18,19)20/h1-8H,9-10H2,(H,21,22)/t24-/m0/s1. The van der Waals surface area contributed by atoms with E-state index < -0.39 is 28.4 Å². The summed E-state index contributed by atoms with van der Waals surface area (Å²) in [5.74, 6) is -0.756. The number of anilines is 1. The lowest BCUT2D eigenvalue weighted by Gasteiger charge is -2.10. The van der Waals surface area contributed by atoms with E-state index in [9.17, 15) is 22.2 Å². The van der Waals surface area contributed by atoms with E-state index in [4.69, 9.17) is 11.6 Å². The average Bonchev–Trinajstić information content (AvgIpc) is 2.49. The molecule has 0 unspecified atom stereocenters. The van der Waals surface area contributed by atoms with Gasteiger partial charge in [0.25, 0.3) is 0 Å². The van der Waals surface area contributed by atoms with Crippen LogP contribution >= 0.6 is 11.6 Å². The van der Waals surface area contributed by atoms with Gasteiger partial charge in [-0.2, -0.15) is 13.2 Å². The summed E-state index contributed by atoms with van der Waals surface area (Å²) in [4.78, 5) is 11.8. The number of carbonyl (C=O) groups excluding carboxylic acids is 1. The number of alkyl halides is 3. The van der Waals surface area contributed by atoms with Gasteiger partial charge in [0.15, 0.2) is 0 Å². The molecule has 0 heterocycles. The molecular weight excluding hydrogens is 363 g/mol. The zero-order valence-electron chi connectivity index (χ0n) is 12.3. The van der Waals surface area contributed by atoms with E-state index in [2.05, 4.69) is 5.32 Å². The van der Waals surface area contributed by atoms with Crippen molar-refractivity contribution in [3.05, 3.63) is 64.7 Å². The molecule has 1 N–H and O–H groups in total. The maximum Gasteiger partial charge on any atom is 0.416 e. The monoisotopic (exact) mass is 375 g/mol. The van der Waals surface area contributed by atoms with E-state index in [0.717, 1.165) is 17.7 Å². The third-order valence-electron chi connectivity index (χ3n) is 3.01. The van der Waals surface area contributed by atoms with Crippen LogP contribution < -0.4 is 5.32 Å². The van der Waals surface area contributed by atoms with Gasteiger partial charge in [-0.15, -0.1) is 0 Å². The molecule has 0 saturated heterocycles. The van der Waals surface area contributed by atoms with Gasteiger partial charge in [0.05, 0.1) is 5.56 Å². The highest BCUT2D eigenvalue weighted by Gasteiger charge is 2.30. The van der Waals surface area contributed by atoms with E-state index in [-0.39, 0.29) is 17.2 Å². The molecule has 0 saturated carbocycles. The number of carbonyl (C=O) groups is 1. The Morgan fingerprint density at radius 3 is 2.42 bits per heavy atom. The Morgan fingerprint density at radius 1 is 1.12 bits per heavy atom. The fourth-order valence-electron chi connectivity index (χ4n) is 1.93. The zero-order valence-corrected chi connectivity index (χ0v) is 13.8. The molecule has 0 aliphatic carbocycles. The van der Waals surface area contributed by atoms with Crippen molar-refractivity contribution >= 4 is 34.0 Å². The van der Waals surface area contributed by atoms with Gasteiger partial charge in [-0.25, -0.2) is 0 Å². The SMILES string of the molecule is O=C(C[S@@](=O)Cc1ccc(Cl)cc1)Nc1cccc(C(F)(F)F)c1. The molecule has 3 nitrogen and oxygen atoms in total. The van der Waals surface area contributed by atoms with Gasteiger partial charge in [0.2, 0.25) is 5.91 Å². The highest BCUT2D eigenvalue weighted by molar-refractivity contribution is 7.84. The fourth-order valence-corrected chi connectivity index (χ4v) is 3.09. The lowest BCUT2D eigenvalue weighted by molar-refractivity contribution is -0.137. The van der Waals surface area contributed by atoms with Crippen molar-refractivity contribution in [1.29, 1.82) is 0 Å². The summed E-state index contributed by atoms with van der Waals surface area (Å²) in [5.41, 5.74) is -0.0921. The number of halogens is 4.